The van der Waals surface area contributed by atoms with Crippen LogP contribution in [0.3, 0.4) is 0 Å². The van der Waals surface area contributed by atoms with E-state index in [1.807, 2.05) is 36.4 Å². The second-order valence-electron chi connectivity index (χ2n) is 6.99. The summed E-state index contributed by atoms with van der Waals surface area (Å²) in [7, 11) is 0. The van der Waals surface area contributed by atoms with Gasteiger partial charge in [-0.05, 0) is 41.3 Å². The molecule has 2 heterocycles. The summed E-state index contributed by atoms with van der Waals surface area (Å²) in [5.41, 5.74) is 2.04. The van der Waals surface area contributed by atoms with E-state index in [-0.39, 0.29) is 17.0 Å². The lowest BCUT2D eigenvalue weighted by Gasteiger charge is -2.22. The van der Waals surface area contributed by atoms with Crippen LogP contribution in [0.2, 0.25) is 0 Å². The van der Waals surface area contributed by atoms with Crippen molar-refractivity contribution in [3.63, 3.8) is 0 Å². The number of benzene rings is 1. The Labute approximate surface area is 152 Å². The van der Waals surface area contributed by atoms with Crippen LogP contribution in [0.15, 0.2) is 59.2 Å². The van der Waals surface area contributed by atoms with E-state index in [1.165, 1.54) is 0 Å². The van der Waals surface area contributed by atoms with Crippen molar-refractivity contribution in [3.8, 4) is 0 Å². The van der Waals surface area contributed by atoms with Crippen LogP contribution in [0.1, 0.15) is 42.6 Å². The fourth-order valence-electron chi connectivity index (χ4n) is 2.57. The van der Waals surface area contributed by atoms with Crippen LogP contribution in [0.25, 0.3) is 0 Å². The van der Waals surface area contributed by atoms with Gasteiger partial charge in [0, 0.05) is 5.69 Å². The van der Waals surface area contributed by atoms with Gasteiger partial charge in [0.1, 0.15) is 11.6 Å². The summed E-state index contributed by atoms with van der Waals surface area (Å²) in [6.07, 6.45) is 1.62. The fourth-order valence-corrected chi connectivity index (χ4v) is 2.57. The van der Waals surface area contributed by atoms with Gasteiger partial charge in [0.25, 0.3) is 5.91 Å². The van der Waals surface area contributed by atoms with Crippen LogP contribution in [-0.2, 0) is 12.0 Å². The predicted molar refractivity (Wildman–Crippen MR) is 101 cm³/mol. The number of amides is 1. The highest BCUT2D eigenvalue weighted by Gasteiger charge is 2.19. The van der Waals surface area contributed by atoms with Crippen LogP contribution >= 0.6 is 0 Å². The maximum absolute atomic E-state index is 12.5. The van der Waals surface area contributed by atoms with E-state index in [9.17, 15) is 4.79 Å². The van der Waals surface area contributed by atoms with Crippen LogP contribution in [0.5, 0.6) is 0 Å². The van der Waals surface area contributed by atoms with Crippen LogP contribution in [-0.4, -0.2) is 16.1 Å². The molecule has 2 N–H and O–H groups in total. The normalized spacial score (nSPS) is 11.2. The first kappa shape index (κ1) is 17.7. The lowest BCUT2D eigenvalue weighted by molar-refractivity contribution is 0.102. The maximum Gasteiger partial charge on any atom is 0.276 e. The minimum atomic E-state index is -0.285. The molecule has 3 rings (SSSR count). The Hall–Kier alpha value is -3.15. The Bertz CT molecular complexity index is 866. The van der Waals surface area contributed by atoms with Gasteiger partial charge in [-0.25, -0.2) is 0 Å². The third-order valence-corrected chi connectivity index (χ3v) is 3.90. The molecule has 0 unspecified atom stereocenters. The molecule has 3 aromatic rings. The number of carbonyl (C=O) groups is 1. The standard InChI is InChI=1S/C20H22N4O2/c1-20(2,3)15-8-4-5-9-16(15)22-19(25)17-10-11-18(24-23-17)21-13-14-7-6-12-26-14/h4-12H,13H2,1-3H3,(H,21,24)(H,22,25). The number of hydrogen-bond donors (Lipinski definition) is 2. The number of hydrogen-bond acceptors (Lipinski definition) is 5. The van der Waals surface area contributed by atoms with E-state index >= 15 is 0 Å². The highest BCUT2D eigenvalue weighted by molar-refractivity contribution is 6.03. The number of para-hydroxylation sites is 1. The highest BCUT2D eigenvalue weighted by Crippen LogP contribution is 2.29. The molecule has 0 radical (unpaired) electrons. The summed E-state index contributed by atoms with van der Waals surface area (Å²) >= 11 is 0. The molecule has 0 fully saturated rings. The first-order chi connectivity index (χ1) is 12.4. The van der Waals surface area contributed by atoms with Gasteiger partial charge in [0.15, 0.2) is 5.69 Å². The van der Waals surface area contributed by atoms with E-state index in [0.29, 0.717) is 12.4 Å². The molecule has 1 amide bonds. The summed E-state index contributed by atoms with van der Waals surface area (Å²) in [6.45, 7) is 6.83. The second kappa shape index (κ2) is 7.39. The summed E-state index contributed by atoms with van der Waals surface area (Å²) in [6, 6.07) is 14.8. The zero-order valence-corrected chi connectivity index (χ0v) is 15.1. The van der Waals surface area contributed by atoms with Crippen LogP contribution in [0, 0.1) is 0 Å². The number of rotatable bonds is 5. The van der Waals surface area contributed by atoms with Crippen molar-refractivity contribution in [1.29, 1.82) is 0 Å². The lowest BCUT2D eigenvalue weighted by atomic mass is 9.86. The molecular formula is C20H22N4O2. The van der Waals surface area contributed by atoms with Gasteiger partial charge in [-0.3, -0.25) is 4.79 Å². The van der Waals surface area contributed by atoms with Crippen molar-refractivity contribution >= 4 is 17.4 Å². The lowest BCUT2D eigenvalue weighted by Crippen LogP contribution is -2.19. The Morgan fingerprint density at radius 3 is 2.50 bits per heavy atom. The number of anilines is 2. The molecule has 0 atom stereocenters. The molecule has 6 heteroatoms. The van der Waals surface area contributed by atoms with Crippen molar-refractivity contribution < 1.29 is 9.21 Å². The molecule has 2 aromatic heterocycles. The van der Waals surface area contributed by atoms with Gasteiger partial charge in [0.2, 0.25) is 0 Å². The third-order valence-electron chi connectivity index (χ3n) is 3.90. The molecule has 0 aliphatic carbocycles. The first-order valence-electron chi connectivity index (χ1n) is 8.44. The van der Waals surface area contributed by atoms with Gasteiger partial charge in [-0.15, -0.1) is 10.2 Å². The quantitative estimate of drug-likeness (QED) is 0.720. The molecule has 6 nitrogen and oxygen atoms in total. The Balaban J connectivity index is 1.67. The summed E-state index contributed by atoms with van der Waals surface area (Å²) < 4.78 is 5.25. The number of aromatic nitrogens is 2. The Morgan fingerprint density at radius 2 is 1.85 bits per heavy atom. The summed E-state index contributed by atoms with van der Waals surface area (Å²) in [4.78, 5) is 12.5. The van der Waals surface area contributed by atoms with E-state index in [1.54, 1.807) is 18.4 Å². The molecule has 0 aliphatic rings. The van der Waals surface area contributed by atoms with Crippen molar-refractivity contribution in [2.45, 2.75) is 32.7 Å². The monoisotopic (exact) mass is 350 g/mol. The zero-order chi connectivity index (χ0) is 18.6. The third kappa shape index (κ3) is 4.27. The van der Waals surface area contributed by atoms with Crippen LogP contribution < -0.4 is 10.6 Å². The molecule has 0 saturated heterocycles. The second-order valence-corrected chi connectivity index (χ2v) is 6.99. The molecule has 0 spiro atoms. The summed E-state index contributed by atoms with van der Waals surface area (Å²) in [5, 5.41) is 14.1. The van der Waals surface area contributed by atoms with Gasteiger partial charge in [-0.2, -0.15) is 0 Å². The molecular weight excluding hydrogens is 328 g/mol. The molecule has 0 aliphatic heterocycles. The van der Waals surface area contributed by atoms with Gasteiger partial charge in [0.05, 0.1) is 12.8 Å². The molecule has 0 bridgehead atoms. The predicted octanol–water partition coefficient (Wildman–Crippen LogP) is 4.23. The van der Waals surface area contributed by atoms with E-state index in [2.05, 4.69) is 41.6 Å². The SMILES string of the molecule is CC(C)(C)c1ccccc1NC(=O)c1ccc(NCc2ccco2)nn1. The van der Waals surface area contributed by atoms with Crippen LogP contribution in [0.4, 0.5) is 11.5 Å². The van der Waals surface area contributed by atoms with E-state index in [4.69, 9.17) is 4.42 Å². The average molecular weight is 350 g/mol. The molecule has 26 heavy (non-hydrogen) atoms. The minimum absolute atomic E-state index is 0.0742. The van der Waals surface area contributed by atoms with Crippen molar-refractivity contribution in [3.05, 3.63) is 71.8 Å². The fraction of sp³-hybridized carbons (Fsp3) is 0.250. The smallest absolute Gasteiger partial charge is 0.276 e. The van der Waals surface area contributed by atoms with Gasteiger partial charge in [-0.1, -0.05) is 39.0 Å². The van der Waals surface area contributed by atoms with Gasteiger partial charge >= 0.3 is 0 Å². The topological polar surface area (TPSA) is 80.0 Å². The van der Waals surface area contributed by atoms with Crippen molar-refractivity contribution in [1.82, 2.24) is 10.2 Å². The van der Waals surface area contributed by atoms with Gasteiger partial charge < -0.3 is 15.1 Å². The minimum Gasteiger partial charge on any atom is -0.467 e. The largest absolute Gasteiger partial charge is 0.467 e. The van der Waals surface area contributed by atoms with E-state index in [0.717, 1.165) is 17.0 Å². The number of furan rings is 1. The zero-order valence-electron chi connectivity index (χ0n) is 15.1. The number of carbonyl (C=O) groups excluding carboxylic acids is 1. The molecule has 0 saturated carbocycles. The first-order valence-corrected chi connectivity index (χ1v) is 8.44. The van der Waals surface area contributed by atoms with Crippen molar-refractivity contribution in [2.24, 2.45) is 0 Å². The summed E-state index contributed by atoms with van der Waals surface area (Å²) in [5.74, 6) is 1.09. The average Bonchev–Trinajstić information content (AvgIpc) is 3.13. The maximum atomic E-state index is 12.5. The number of nitrogens with zero attached hydrogens (tertiary/aromatic N) is 2. The van der Waals surface area contributed by atoms with Crippen molar-refractivity contribution in [2.75, 3.05) is 10.6 Å². The molecule has 134 valence electrons. The molecule has 1 aromatic carbocycles. The Kier molecular flexibility index (Phi) is 5.02. The Morgan fingerprint density at radius 1 is 1.04 bits per heavy atom. The number of nitrogens with one attached hydrogen (secondary N) is 2. The highest BCUT2D eigenvalue weighted by atomic mass is 16.3. The van der Waals surface area contributed by atoms with E-state index < -0.39 is 0 Å².